The Morgan fingerprint density at radius 2 is 2.00 bits per heavy atom. The number of amides is 1. The van der Waals surface area contributed by atoms with E-state index in [0.717, 1.165) is 12.8 Å². The van der Waals surface area contributed by atoms with Crippen molar-refractivity contribution in [3.8, 4) is 0 Å². The van der Waals surface area contributed by atoms with Gasteiger partial charge in [-0.3, -0.25) is 4.79 Å². The fourth-order valence-electron chi connectivity index (χ4n) is 2.57. The molecule has 0 spiro atoms. The van der Waals surface area contributed by atoms with Crippen molar-refractivity contribution in [3.63, 3.8) is 0 Å². The number of rotatable bonds is 6. The third-order valence-corrected chi connectivity index (χ3v) is 4.20. The number of hydrogen-bond acceptors (Lipinski definition) is 3. The molecule has 4 heteroatoms. The Morgan fingerprint density at radius 3 is 2.53 bits per heavy atom. The maximum atomic E-state index is 12.2. The van der Waals surface area contributed by atoms with Crippen LogP contribution < -0.4 is 0 Å². The first-order valence-electron chi connectivity index (χ1n) is 6.66. The molecule has 0 aliphatic heterocycles. The lowest BCUT2D eigenvalue weighted by molar-refractivity contribution is -0.133. The lowest BCUT2D eigenvalue weighted by Gasteiger charge is -2.37. The van der Waals surface area contributed by atoms with E-state index in [0.29, 0.717) is 23.6 Å². The van der Waals surface area contributed by atoms with Crippen molar-refractivity contribution in [1.29, 1.82) is 0 Å². The third-order valence-electron chi connectivity index (χ3n) is 3.27. The van der Waals surface area contributed by atoms with Gasteiger partial charge in [0.25, 0.3) is 0 Å². The van der Waals surface area contributed by atoms with Gasteiger partial charge in [0.15, 0.2) is 0 Å². The zero-order chi connectivity index (χ0) is 12.7. The molecule has 1 aliphatic carbocycles. The summed E-state index contributed by atoms with van der Waals surface area (Å²) in [5.41, 5.74) is 0. The molecule has 0 aromatic carbocycles. The molecule has 1 rings (SSSR count). The van der Waals surface area contributed by atoms with E-state index in [-0.39, 0.29) is 12.5 Å². The molecule has 1 fully saturated rings. The number of aliphatic hydroxyl groups is 1. The minimum absolute atomic E-state index is 0.156. The van der Waals surface area contributed by atoms with Crippen molar-refractivity contribution in [2.24, 2.45) is 0 Å². The molecule has 1 saturated carbocycles. The molecule has 17 heavy (non-hydrogen) atoms. The molecule has 0 bridgehead atoms. The molecule has 100 valence electrons. The normalized spacial score (nSPS) is 17.4. The minimum Gasteiger partial charge on any atom is -0.396 e. The molecule has 3 nitrogen and oxygen atoms in total. The van der Waals surface area contributed by atoms with Gasteiger partial charge in [-0.05, 0) is 26.7 Å². The van der Waals surface area contributed by atoms with Gasteiger partial charge in [0.05, 0.1) is 12.4 Å². The van der Waals surface area contributed by atoms with E-state index in [2.05, 4.69) is 18.7 Å². The average Bonchev–Trinajstić information content (AvgIpc) is 2.30. The van der Waals surface area contributed by atoms with Crippen LogP contribution in [0, 0.1) is 0 Å². The maximum Gasteiger partial charge on any atom is 0.233 e. The number of aliphatic hydroxyl groups excluding tert-OH is 1. The highest BCUT2D eigenvalue weighted by atomic mass is 32.2. The van der Waals surface area contributed by atoms with Gasteiger partial charge in [-0.1, -0.05) is 19.3 Å². The van der Waals surface area contributed by atoms with E-state index in [9.17, 15) is 4.79 Å². The monoisotopic (exact) mass is 259 g/mol. The van der Waals surface area contributed by atoms with Crippen LogP contribution in [0.15, 0.2) is 0 Å². The molecule has 0 aromatic rings. The Labute approximate surface area is 109 Å². The highest BCUT2D eigenvalue weighted by molar-refractivity contribution is 7.99. The Hall–Kier alpha value is -0.220. The van der Waals surface area contributed by atoms with Gasteiger partial charge in [0, 0.05) is 17.8 Å². The van der Waals surface area contributed by atoms with Crippen molar-refractivity contribution < 1.29 is 9.90 Å². The average molecular weight is 259 g/mol. The molecule has 0 aromatic heterocycles. The summed E-state index contributed by atoms with van der Waals surface area (Å²) < 4.78 is 0. The van der Waals surface area contributed by atoms with E-state index in [1.807, 2.05) is 0 Å². The molecule has 1 N–H and O–H groups in total. The Kier molecular flexibility index (Phi) is 6.97. The van der Waals surface area contributed by atoms with Gasteiger partial charge in [-0.15, -0.1) is 11.8 Å². The number of carbonyl (C=O) groups excluding carboxylic acids is 1. The molecule has 1 aliphatic rings. The smallest absolute Gasteiger partial charge is 0.233 e. The molecule has 1 amide bonds. The van der Waals surface area contributed by atoms with E-state index < -0.39 is 0 Å². The third kappa shape index (κ3) is 4.88. The van der Waals surface area contributed by atoms with Gasteiger partial charge < -0.3 is 10.0 Å². The van der Waals surface area contributed by atoms with E-state index in [4.69, 9.17) is 5.11 Å². The summed E-state index contributed by atoms with van der Waals surface area (Å²) in [7, 11) is 0. The topological polar surface area (TPSA) is 40.5 Å². The first kappa shape index (κ1) is 14.8. The van der Waals surface area contributed by atoms with Gasteiger partial charge in [-0.25, -0.2) is 0 Å². The van der Waals surface area contributed by atoms with Crippen molar-refractivity contribution in [1.82, 2.24) is 4.90 Å². The number of carbonyl (C=O) groups is 1. The summed E-state index contributed by atoms with van der Waals surface area (Å²) in [6.07, 6.45) is 6.15. The van der Waals surface area contributed by atoms with E-state index in [1.165, 1.54) is 31.0 Å². The summed E-state index contributed by atoms with van der Waals surface area (Å²) in [5, 5.41) is 8.73. The molecular weight excluding hydrogens is 234 g/mol. The van der Waals surface area contributed by atoms with Crippen LogP contribution in [-0.2, 0) is 4.79 Å². The number of hydrogen-bond donors (Lipinski definition) is 1. The van der Waals surface area contributed by atoms with Crippen LogP contribution in [0.25, 0.3) is 0 Å². The molecule has 0 atom stereocenters. The number of nitrogens with zero attached hydrogens (tertiary/aromatic N) is 1. The summed E-state index contributed by atoms with van der Waals surface area (Å²) >= 11 is 1.53. The summed E-state index contributed by atoms with van der Waals surface area (Å²) in [4.78, 5) is 14.3. The molecule has 0 saturated heterocycles. The lowest BCUT2D eigenvalue weighted by Crippen LogP contribution is -2.46. The van der Waals surface area contributed by atoms with Crippen molar-refractivity contribution in [3.05, 3.63) is 0 Å². The minimum atomic E-state index is 0.156. The van der Waals surface area contributed by atoms with Crippen LogP contribution in [0.4, 0.5) is 0 Å². The Bertz CT molecular complexity index is 227. The summed E-state index contributed by atoms with van der Waals surface area (Å²) in [5.74, 6) is 1.41. The van der Waals surface area contributed by atoms with Crippen LogP contribution in [0.2, 0.25) is 0 Å². The predicted molar refractivity (Wildman–Crippen MR) is 73.3 cm³/mol. The van der Waals surface area contributed by atoms with Gasteiger partial charge in [0.1, 0.15) is 0 Å². The van der Waals surface area contributed by atoms with E-state index in [1.54, 1.807) is 0 Å². The van der Waals surface area contributed by atoms with E-state index >= 15 is 0 Å². The number of thioether (sulfide) groups is 1. The van der Waals surface area contributed by atoms with Gasteiger partial charge in [0.2, 0.25) is 5.91 Å². The van der Waals surface area contributed by atoms with Crippen molar-refractivity contribution in [2.45, 2.75) is 58.0 Å². The second kappa shape index (κ2) is 7.98. The van der Waals surface area contributed by atoms with Crippen LogP contribution in [-0.4, -0.2) is 46.1 Å². The second-order valence-corrected chi connectivity index (χ2v) is 6.07. The molecular formula is C13H25NO2S. The first-order chi connectivity index (χ1) is 8.16. The first-order valence-corrected chi connectivity index (χ1v) is 7.82. The van der Waals surface area contributed by atoms with Gasteiger partial charge >= 0.3 is 0 Å². The molecule has 0 heterocycles. The Morgan fingerprint density at radius 1 is 1.35 bits per heavy atom. The zero-order valence-corrected chi connectivity index (χ0v) is 11.8. The molecule has 0 unspecified atom stereocenters. The molecule has 0 radical (unpaired) electrons. The zero-order valence-electron chi connectivity index (χ0n) is 11.0. The highest BCUT2D eigenvalue weighted by Crippen LogP contribution is 2.24. The van der Waals surface area contributed by atoms with Crippen molar-refractivity contribution >= 4 is 17.7 Å². The van der Waals surface area contributed by atoms with Crippen LogP contribution in [0.5, 0.6) is 0 Å². The van der Waals surface area contributed by atoms with Crippen LogP contribution >= 0.6 is 11.8 Å². The maximum absolute atomic E-state index is 12.2. The fraction of sp³-hybridized carbons (Fsp3) is 0.923. The van der Waals surface area contributed by atoms with Gasteiger partial charge in [-0.2, -0.15) is 0 Å². The predicted octanol–water partition coefficient (Wildman–Crippen LogP) is 2.28. The standard InChI is InChI=1S/C13H25NO2S/c1-11(2)14(12-6-4-3-5-7-12)13(16)10-17-9-8-15/h11-12,15H,3-10H2,1-2H3. The quantitative estimate of drug-likeness (QED) is 0.744. The highest BCUT2D eigenvalue weighted by Gasteiger charge is 2.26. The summed E-state index contributed by atoms with van der Waals surface area (Å²) in [6.45, 7) is 4.36. The largest absolute Gasteiger partial charge is 0.396 e. The van der Waals surface area contributed by atoms with Crippen molar-refractivity contribution in [2.75, 3.05) is 18.1 Å². The van der Waals surface area contributed by atoms with Crippen LogP contribution in [0.3, 0.4) is 0 Å². The SMILES string of the molecule is CC(C)N(C(=O)CSCCO)C1CCCCC1. The lowest BCUT2D eigenvalue weighted by atomic mass is 9.93. The fourth-order valence-corrected chi connectivity index (χ4v) is 3.17. The Balaban J connectivity index is 2.48. The summed E-state index contributed by atoms with van der Waals surface area (Å²) in [6, 6.07) is 0.742. The van der Waals surface area contributed by atoms with Crippen LogP contribution in [0.1, 0.15) is 46.0 Å². The second-order valence-electron chi connectivity index (χ2n) is 4.96.